The molecule has 2 amide bonds. The second-order valence-electron chi connectivity index (χ2n) is 8.79. The fourth-order valence-corrected chi connectivity index (χ4v) is 2.92. The molecule has 0 fully saturated rings. The number of hydrogen-bond donors (Lipinski definition) is 3. The number of alkyl carbamates (subject to hydrolysis) is 1. The summed E-state index contributed by atoms with van der Waals surface area (Å²) in [6.45, 7) is 10.7. The van der Waals surface area contributed by atoms with Crippen molar-refractivity contribution in [1.29, 1.82) is 0 Å². The molecule has 0 heterocycles. The smallest absolute Gasteiger partial charge is 0.408 e. The minimum atomic E-state index is -0.547. The van der Waals surface area contributed by atoms with E-state index in [2.05, 4.69) is 20.9 Å². The van der Waals surface area contributed by atoms with Crippen LogP contribution in [0.15, 0.2) is 29.3 Å². The van der Waals surface area contributed by atoms with Crippen LogP contribution in [0, 0.1) is 0 Å². The lowest BCUT2D eigenvalue weighted by Crippen LogP contribution is -2.57. The third-order valence-electron chi connectivity index (χ3n) is 5.00. The average molecular weight is 434 g/mol. The maximum absolute atomic E-state index is 12.3. The van der Waals surface area contributed by atoms with Gasteiger partial charge in [-0.1, -0.05) is 26.0 Å². The maximum atomic E-state index is 12.3. The first-order valence-electron chi connectivity index (χ1n) is 10.7. The Morgan fingerprint density at radius 1 is 1.03 bits per heavy atom. The third kappa shape index (κ3) is 8.86. The molecule has 8 nitrogen and oxygen atoms in total. The third-order valence-corrected chi connectivity index (χ3v) is 5.00. The molecule has 174 valence electrons. The summed E-state index contributed by atoms with van der Waals surface area (Å²) < 4.78 is 5.43. The van der Waals surface area contributed by atoms with Crippen LogP contribution < -0.4 is 16.0 Å². The summed E-state index contributed by atoms with van der Waals surface area (Å²) in [5.41, 5.74) is 0.686. The molecule has 1 aromatic rings. The summed E-state index contributed by atoms with van der Waals surface area (Å²) in [7, 11) is 5.17. The molecule has 0 spiro atoms. The predicted octanol–water partition coefficient (Wildman–Crippen LogP) is 3.14. The maximum Gasteiger partial charge on any atom is 0.408 e. The van der Waals surface area contributed by atoms with Crippen LogP contribution >= 0.6 is 0 Å². The fraction of sp³-hybridized carbons (Fsp3) is 0.609. The summed E-state index contributed by atoms with van der Waals surface area (Å²) in [5.74, 6) is 0.607. The van der Waals surface area contributed by atoms with E-state index in [1.807, 2.05) is 58.9 Å². The first-order chi connectivity index (χ1) is 14.4. The largest absolute Gasteiger partial charge is 0.444 e. The van der Waals surface area contributed by atoms with E-state index in [1.54, 1.807) is 26.0 Å². The van der Waals surface area contributed by atoms with Gasteiger partial charge in [-0.3, -0.25) is 9.79 Å². The van der Waals surface area contributed by atoms with Crippen molar-refractivity contribution in [3.05, 3.63) is 35.4 Å². The number of ether oxygens (including phenoxy) is 1. The molecular weight excluding hydrogens is 394 g/mol. The lowest BCUT2D eigenvalue weighted by molar-refractivity contribution is 0.0448. The van der Waals surface area contributed by atoms with Crippen LogP contribution in [0.4, 0.5) is 4.79 Å². The van der Waals surface area contributed by atoms with Crippen LogP contribution in [0.3, 0.4) is 0 Å². The summed E-state index contributed by atoms with van der Waals surface area (Å²) in [5, 5.41) is 9.60. The van der Waals surface area contributed by atoms with Gasteiger partial charge in [0, 0.05) is 39.8 Å². The molecule has 31 heavy (non-hydrogen) atoms. The van der Waals surface area contributed by atoms with Gasteiger partial charge in [-0.2, -0.15) is 0 Å². The molecule has 0 bridgehead atoms. The molecule has 0 saturated carbocycles. The average Bonchev–Trinajstić information content (AvgIpc) is 2.71. The zero-order chi connectivity index (χ0) is 23.7. The van der Waals surface area contributed by atoms with Crippen LogP contribution in [-0.2, 0) is 11.3 Å². The van der Waals surface area contributed by atoms with Crippen LogP contribution in [0.2, 0.25) is 0 Å². The molecule has 0 saturated heterocycles. The zero-order valence-corrected chi connectivity index (χ0v) is 20.3. The molecule has 0 atom stereocenters. The minimum absolute atomic E-state index is 0.0232. The second-order valence-corrected chi connectivity index (χ2v) is 8.79. The van der Waals surface area contributed by atoms with Gasteiger partial charge in [-0.15, -0.1) is 0 Å². The zero-order valence-electron chi connectivity index (χ0n) is 20.3. The van der Waals surface area contributed by atoms with Crippen molar-refractivity contribution in [3.8, 4) is 0 Å². The molecule has 0 unspecified atom stereocenters. The topological polar surface area (TPSA) is 95.1 Å². The number of aliphatic imine (C=N–C) groups is 1. The molecule has 0 radical (unpaired) electrons. The van der Waals surface area contributed by atoms with Crippen molar-refractivity contribution in [2.45, 2.75) is 65.1 Å². The van der Waals surface area contributed by atoms with Crippen molar-refractivity contribution in [2.24, 2.45) is 4.99 Å². The van der Waals surface area contributed by atoms with E-state index in [-0.39, 0.29) is 5.91 Å². The number of guanidine groups is 1. The summed E-state index contributed by atoms with van der Waals surface area (Å²) in [6.07, 6.45) is 1.07. The Morgan fingerprint density at radius 2 is 1.61 bits per heavy atom. The number of carbonyl (C=O) groups is 2. The number of nitrogens with zero attached hydrogens (tertiary/aromatic N) is 2. The van der Waals surface area contributed by atoms with E-state index >= 15 is 0 Å². The molecule has 0 aliphatic rings. The van der Waals surface area contributed by atoms with Gasteiger partial charge < -0.3 is 25.6 Å². The van der Waals surface area contributed by atoms with E-state index in [0.717, 1.165) is 18.4 Å². The highest BCUT2D eigenvalue weighted by Crippen LogP contribution is 2.16. The highest BCUT2D eigenvalue weighted by molar-refractivity contribution is 5.93. The lowest BCUT2D eigenvalue weighted by atomic mass is 9.93. The SMILES string of the molecule is CCC(CC)(CNC(=NC)NCc1ccc(C(=O)N(C)C)cc1)NC(=O)OC(C)(C)C. The first-order valence-corrected chi connectivity index (χ1v) is 10.7. The first kappa shape index (κ1) is 26.3. The quantitative estimate of drug-likeness (QED) is 0.432. The minimum Gasteiger partial charge on any atom is -0.444 e. The van der Waals surface area contributed by atoms with Gasteiger partial charge in [0.2, 0.25) is 0 Å². The molecule has 1 rings (SSSR count). The Morgan fingerprint density at radius 3 is 2.06 bits per heavy atom. The van der Waals surface area contributed by atoms with E-state index in [9.17, 15) is 9.59 Å². The van der Waals surface area contributed by atoms with Crippen LogP contribution in [0.25, 0.3) is 0 Å². The molecular formula is C23H39N5O3. The lowest BCUT2D eigenvalue weighted by Gasteiger charge is -2.34. The Balaban J connectivity index is 2.68. The van der Waals surface area contributed by atoms with Gasteiger partial charge in [0.1, 0.15) is 5.60 Å². The number of rotatable bonds is 8. The van der Waals surface area contributed by atoms with Gasteiger partial charge in [-0.25, -0.2) is 4.79 Å². The number of amides is 2. The highest BCUT2D eigenvalue weighted by Gasteiger charge is 2.30. The number of carbonyl (C=O) groups excluding carboxylic acids is 2. The van der Waals surface area contributed by atoms with E-state index in [1.165, 1.54) is 0 Å². The fourth-order valence-electron chi connectivity index (χ4n) is 2.92. The van der Waals surface area contributed by atoms with Gasteiger partial charge in [0.15, 0.2) is 5.96 Å². The van der Waals surface area contributed by atoms with Crippen molar-refractivity contribution < 1.29 is 14.3 Å². The van der Waals surface area contributed by atoms with E-state index < -0.39 is 17.2 Å². The molecule has 3 N–H and O–H groups in total. The van der Waals surface area contributed by atoms with Crippen molar-refractivity contribution >= 4 is 18.0 Å². The van der Waals surface area contributed by atoms with Gasteiger partial charge >= 0.3 is 6.09 Å². The Bertz CT molecular complexity index is 747. The number of benzene rings is 1. The van der Waals surface area contributed by atoms with Gasteiger partial charge in [-0.05, 0) is 51.3 Å². The predicted molar refractivity (Wildman–Crippen MR) is 125 cm³/mol. The van der Waals surface area contributed by atoms with E-state index in [0.29, 0.717) is 24.6 Å². The van der Waals surface area contributed by atoms with Crippen LogP contribution in [0.1, 0.15) is 63.4 Å². The molecule has 1 aromatic carbocycles. The van der Waals surface area contributed by atoms with Crippen LogP contribution in [0.5, 0.6) is 0 Å². The monoisotopic (exact) mass is 433 g/mol. The van der Waals surface area contributed by atoms with Crippen molar-refractivity contribution in [3.63, 3.8) is 0 Å². The number of nitrogens with one attached hydrogen (secondary N) is 3. The normalized spacial score (nSPS) is 12.2. The van der Waals surface area contributed by atoms with Crippen molar-refractivity contribution in [2.75, 3.05) is 27.7 Å². The summed E-state index contributed by atoms with van der Waals surface area (Å²) in [6, 6.07) is 7.48. The van der Waals surface area contributed by atoms with Gasteiger partial charge in [0.05, 0.1) is 5.54 Å². The molecule has 0 aliphatic heterocycles. The standard InChI is InChI=1S/C23H39N5O3/c1-9-23(10-2,27-21(30)31-22(3,4)5)16-26-20(24-6)25-15-17-11-13-18(14-12-17)19(29)28(7)8/h11-14H,9-10,15-16H2,1-8H3,(H,27,30)(H2,24,25,26). The Kier molecular flexibility index (Phi) is 9.81. The van der Waals surface area contributed by atoms with E-state index in [4.69, 9.17) is 4.74 Å². The number of hydrogen-bond acceptors (Lipinski definition) is 4. The van der Waals surface area contributed by atoms with Crippen LogP contribution in [-0.4, -0.2) is 61.7 Å². The molecule has 0 aromatic heterocycles. The molecule has 0 aliphatic carbocycles. The second kappa shape index (κ2) is 11.6. The van der Waals surface area contributed by atoms with Gasteiger partial charge in [0.25, 0.3) is 5.91 Å². The van der Waals surface area contributed by atoms with Crippen molar-refractivity contribution in [1.82, 2.24) is 20.9 Å². The Labute approximate surface area is 186 Å². The Hall–Kier alpha value is -2.77. The molecule has 8 heteroatoms. The summed E-state index contributed by atoms with van der Waals surface area (Å²) >= 11 is 0. The summed E-state index contributed by atoms with van der Waals surface area (Å²) in [4.78, 5) is 30.1. The highest BCUT2D eigenvalue weighted by atomic mass is 16.6.